The van der Waals surface area contributed by atoms with E-state index < -0.39 is 9.84 Å². The second-order valence-electron chi connectivity index (χ2n) is 8.65. The van der Waals surface area contributed by atoms with Gasteiger partial charge in [-0.25, -0.2) is 13.4 Å². The summed E-state index contributed by atoms with van der Waals surface area (Å²) in [6.45, 7) is 2.17. The van der Waals surface area contributed by atoms with Crippen molar-refractivity contribution in [2.24, 2.45) is 0 Å². The lowest BCUT2D eigenvalue weighted by molar-refractivity contribution is 0.292. The van der Waals surface area contributed by atoms with Gasteiger partial charge in [-0.05, 0) is 55.3 Å². The molecule has 0 spiro atoms. The zero-order chi connectivity index (χ0) is 22.8. The Hall–Kier alpha value is -3.16. The molecular formula is C26H28N4O2S. The van der Waals surface area contributed by atoms with Gasteiger partial charge in [0, 0.05) is 41.6 Å². The number of hydrogen-bond donors (Lipinski definition) is 1. The summed E-state index contributed by atoms with van der Waals surface area (Å²) < 4.78 is 25.5. The number of pyridine rings is 1. The molecule has 1 aliphatic rings. The monoisotopic (exact) mass is 460 g/mol. The normalized spacial score (nSPS) is 16.2. The highest BCUT2D eigenvalue weighted by atomic mass is 32.2. The van der Waals surface area contributed by atoms with Crippen LogP contribution in [0.25, 0.3) is 28.0 Å². The predicted molar refractivity (Wildman–Crippen MR) is 134 cm³/mol. The van der Waals surface area contributed by atoms with Crippen molar-refractivity contribution in [3.8, 4) is 16.9 Å². The maximum Gasteiger partial charge on any atom is 0.152 e. The Kier molecular flexibility index (Phi) is 5.91. The van der Waals surface area contributed by atoms with Gasteiger partial charge in [-0.3, -0.25) is 0 Å². The van der Waals surface area contributed by atoms with E-state index in [1.165, 1.54) is 5.56 Å². The van der Waals surface area contributed by atoms with Crippen molar-refractivity contribution >= 4 is 26.6 Å². The van der Waals surface area contributed by atoms with Crippen LogP contribution in [-0.2, 0) is 16.3 Å². The summed E-state index contributed by atoms with van der Waals surface area (Å²) in [6, 6.07) is 22.3. The van der Waals surface area contributed by atoms with Gasteiger partial charge in [0.1, 0.15) is 5.65 Å². The number of nitrogen functional groups attached to an aromatic ring is 1. The highest BCUT2D eigenvalue weighted by Gasteiger charge is 2.21. The molecule has 3 heterocycles. The van der Waals surface area contributed by atoms with Gasteiger partial charge in [0.05, 0.1) is 17.2 Å². The minimum Gasteiger partial charge on any atom is -0.399 e. The standard InChI is InChI=1S/C26H28N4O2S/c27-22-9-4-10-23(18-22)30-19-21(8-5-13-29-14-16-33(31,32)17-15-29)24-11-12-25(28-26(24)30)20-6-2-1-3-7-20/h1-4,6-7,9-12,18-19H,5,8,13-17,27H2. The fraction of sp³-hybridized carbons (Fsp3) is 0.269. The Balaban J connectivity index is 1.44. The molecule has 0 saturated carbocycles. The van der Waals surface area contributed by atoms with E-state index in [1.54, 1.807) is 0 Å². The third-order valence-electron chi connectivity index (χ3n) is 6.31. The molecule has 0 radical (unpaired) electrons. The fourth-order valence-electron chi connectivity index (χ4n) is 4.48. The second kappa shape index (κ2) is 9.00. The number of aryl methyl sites for hydroxylation is 1. The van der Waals surface area contributed by atoms with Crippen LogP contribution in [0.15, 0.2) is 72.9 Å². The second-order valence-corrected chi connectivity index (χ2v) is 11.0. The van der Waals surface area contributed by atoms with Gasteiger partial charge in [0.25, 0.3) is 0 Å². The summed E-state index contributed by atoms with van der Waals surface area (Å²) in [7, 11) is -2.84. The van der Waals surface area contributed by atoms with Crippen molar-refractivity contribution in [1.29, 1.82) is 0 Å². The van der Waals surface area contributed by atoms with Crippen molar-refractivity contribution in [1.82, 2.24) is 14.5 Å². The molecule has 1 fully saturated rings. The first-order valence-corrected chi connectivity index (χ1v) is 13.2. The summed E-state index contributed by atoms with van der Waals surface area (Å²) in [5.41, 5.74) is 12.0. The van der Waals surface area contributed by atoms with E-state index in [9.17, 15) is 8.42 Å². The zero-order valence-electron chi connectivity index (χ0n) is 18.5. The molecule has 1 saturated heterocycles. The summed E-state index contributed by atoms with van der Waals surface area (Å²) in [5.74, 6) is 0.543. The molecule has 2 N–H and O–H groups in total. The van der Waals surface area contributed by atoms with Crippen LogP contribution in [0, 0.1) is 0 Å². The lowest BCUT2D eigenvalue weighted by Crippen LogP contribution is -2.40. The highest BCUT2D eigenvalue weighted by molar-refractivity contribution is 7.91. The number of anilines is 1. The Morgan fingerprint density at radius 2 is 1.73 bits per heavy atom. The van der Waals surface area contributed by atoms with Crippen LogP contribution in [-0.4, -0.2) is 54.0 Å². The number of fused-ring (bicyclic) bond motifs is 1. The van der Waals surface area contributed by atoms with Gasteiger partial charge in [-0.1, -0.05) is 36.4 Å². The number of benzene rings is 2. The third kappa shape index (κ3) is 4.79. The first-order chi connectivity index (χ1) is 16.0. The van der Waals surface area contributed by atoms with Crippen molar-refractivity contribution in [2.75, 3.05) is 36.9 Å². The van der Waals surface area contributed by atoms with E-state index in [-0.39, 0.29) is 11.5 Å². The number of hydrogen-bond acceptors (Lipinski definition) is 5. The smallest absolute Gasteiger partial charge is 0.152 e. The molecule has 7 heteroatoms. The zero-order valence-corrected chi connectivity index (χ0v) is 19.3. The minimum absolute atomic E-state index is 0.272. The van der Waals surface area contributed by atoms with Crippen molar-refractivity contribution < 1.29 is 8.42 Å². The number of sulfone groups is 1. The molecule has 6 nitrogen and oxygen atoms in total. The van der Waals surface area contributed by atoms with Crippen LogP contribution in [0.1, 0.15) is 12.0 Å². The largest absolute Gasteiger partial charge is 0.399 e. The van der Waals surface area contributed by atoms with Gasteiger partial charge >= 0.3 is 0 Å². The van der Waals surface area contributed by atoms with Crippen molar-refractivity contribution in [2.45, 2.75) is 12.8 Å². The van der Waals surface area contributed by atoms with Gasteiger partial charge < -0.3 is 15.2 Å². The van der Waals surface area contributed by atoms with Crippen LogP contribution in [0.5, 0.6) is 0 Å². The number of nitrogens with zero attached hydrogens (tertiary/aromatic N) is 3. The average molecular weight is 461 g/mol. The number of nitrogens with two attached hydrogens (primary N) is 1. The number of rotatable bonds is 6. The van der Waals surface area contributed by atoms with Gasteiger partial charge in [-0.15, -0.1) is 0 Å². The summed E-state index contributed by atoms with van der Waals surface area (Å²) in [5, 5.41) is 1.14. The van der Waals surface area contributed by atoms with E-state index in [2.05, 4.69) is 39.9 Å². The lowest BCUT2D eigenvalue weighted by Gasteiger charge is -2.26. The molecule has 0 unspecified atom stereocenters. The summed E-state index contributed by atoms with van der Waals surface area (Å²) >= 11 is 0. The quantitative estimate of drug-likeness (QED) is 0.441. The molecular weight excluding hydrogens is 432 g/mol. The van der Waals surface area contributed by atoms with Crippen molar-refractivity contribution in [3.05, 3.63) is 78.5 Å². The van der Waals surface area contributed by atoms with E-state index in [1.807, 2.05) is 42.5 Å². The molecule has 170 valence electrons. The van der Waals surface area contributed by atoms with Crippen LogP contribution in [0.4, 0.5) is 5.69 Å². The van der Waals surface area contributed by atoms with Gasteiger partial charge in [-0.2, -0.15) is 0 Å². The maximum atomic E-state index is 11.7. The Bertz CT molecular complexity index is 1370. The van der Waals surface area contributed by atoms with E-state index in [0.29, 0.717) is 13.1 Å². The molecule has 1 aliphatic heterocycles. The molecule has 4 aromatic rings. The average Bonchev–Trinajstić information content (AvgIpc) is 3.19. The van der Waals surface area contributed by atoms with E-state index >= 15 is 0 Å². The SMILES string of the molecule is Nc1cccc(-n2cc(CCCN3CCS(=O)(=O)CC3)c3ccc(-c4ccccc4)nc32)c1. The maximum absolute atomic E-state index is 11.7. The topological polar surface area (TPSA) is 81.2 Å². The van der Waals surface area contributed by atoms with Gasteiger partial charge in [0.15, 0.2) is 9.84 Å². The summed E-state index contributed by atoms with van der Waals surface area (Å²) in [6.07, 6.45) is 4.04. The van der Waals surface area contributed by atoms with Crippen LogP contribution >= 0.6 is 0 Å². The van der Waals surface area contributed by atoms with E-state index in [0.717, 1.165) is 53.1 Å². The lowest BCUT2D eigenvalue weighted by atomic mass is 10.1. The molecule has 0 atom stereocenters. The Morgan fingerprint density at radius 1 is 0.939 bits per heavy atom. The van der Waals surface area contributed by atoms with Crippen molar-refractivity contribution in [3.63, 3.8) is 0 Å². The fourth-order valence-corrected chi connectivity index (χ4v) is 5.75. The molecule has 5 rings (SSSR count). The van der Waals surface area contributed by atoms with Crippen LogP contribution in [0.3, 0.4) is 0 Å². The minimum atomic E-state index is -2.84. The molecule has 0 amide bonds. The molecule has 0 bridgehead atoms. The Morgan fingerprint density at radius 3 is 2.48 bits per heavy atom. The van der Waals surface area contributed by atoms with E-state index in [4.69, 9.17) is 10.7 Å². The molecule has 0 aliphatic carbocycles. The number of aromatic nitrogens is 2. The first-order valence-electron chi connectivity index (χ1n) is 11.3. The van der Waals surface area contributed by atoms with Crippen LogP contribution in [0.2, 0.25) is 0 Å². The first kappa shape index (κ1) is 21.7. The molecule has 33 heavy (non-hydrogen) atoms. The third-order valence-corrected chi connectivity index (χ3v) is 7.92. The predicted octanol–water partition coefficient (Wildman–Crippen LogP) is 3.94. The van der Waals surface area contributed by atoms with Crippen LogP contribution < -0.4 is 5.73 Å². The molecule has 2 aromatic carbocycles. The van der Waals surface area contributed by atoms with Gasteiger partial charge in [0.2, 0.25) is 0 Å². The Labute approximate surface area is 194 Å². The highest BCUT2D eigenvalue weighted by Crippen LogP contribution is 2.28. The summed E-state index contributed by atoms with van der Waals surface area (Å²) in [4.78, 5) is 7.28. The molecule has 2 aromatic heterocycles.